The molecule has 0 saturated heterocycles. The average molecular weight is 384 g/mol. The zero-order valence-corrected chi connectivity index (χ0v) is 18.0. The van der Waals surface area contributed by atoms with Gasteiger partial charge >= 0.3 is 0 Å². The van der Waals surface area contributed by atoms with Gasteiger partial charge in [0.2, 0.25) is 5.91 Å². The molecule has 0 aliphatic heterocycles. The maximum atomic E-state index is 13.4. The van der Waals surface area contributed by atoms with Crippen LogP contribution in [0.25, 0.3) is 0 Å². The van der Waals surface area contributed by atoms with Crippen molar-refractivity contribution in [3.05, 3.63) is 41.2 Å². The Kier molecular flexibility index (Phi) is 6.11. The van der Waals surface area contributed by atoms with Crippen LogP contribution < -0.4 is 9.64 Å². The van der Waals surface area contributed by atoms with Crippen molar-refractivity contribution in [1.82, 2.24) is 9.78 Å². The zero-order valence-electron chi connectivity index (χ0n) is 18.0. The first kappa shape index (κ1) is 20.4. The third-order valence-corrected chi connectivity index (χ3v) is 5.73. The summed E-state index contributed by atoms with van der Waals surface area (Å²) >= 11 is 0. The largest absolute Gasteiger partial charge is 0.497 e. The minimum absolute atomic E-state index is 0.139. The molecule has 1 unspecified atom stereocenters. The number of rotatable bonds is 8. The van der Waals surface area contributed by atoms with Crippen LogP contribution in [0.5, 0.6) is 5.75 Å². The van der Waals surface area contributed by atoms with Crippen molar-refractivity contribution in [1.29, 1.82) is 0 Å². The molecule has 1 aromatic carbocycles. The number of nitrogens with zero attached hydrogens (tertiary/aromatic N) is 3. The van der Waals surface area contributed by atoms with Crippen LogP contribution >= 0.6 is 0 Å². The lowest BCUT2D eigenvalue weighted by molar-refractivity contribution is -0.118. The summed E-state index contributed by atoms with van der Waals surface area (Å²) in [5.74, 6) is 2.06. The minimum atomic E-state index is 0.139. The summed E-state index contributed by atoms with van der Waals surface area (Å²) < 4.78 is 7.32. The van der Waals surface area contributed by atoms with E-state index in [1.54, 1.807) is 7.11 Å². The number of aromatic nitrogens is 2. The molecule has 1 aromatic heterocycles. The van der Waals surface area contributed by atoms with E-state index in [0.29, 0.717) is 18.3 Å². The van der Waals surface area contributed by atoms with E-state index in [2.05, 4.69) is 32.8 Å². The number of carbonyl (C=O) groups is 1. The van der Waals surface area contributed by atoms with Crippen molar-refractivity contribution in [2.24, 2.45) is 11.8 Å². The normalized spacial score (nSPS) is 15.0. The first-order valence-corrected chi connectivity index (χ1v) is 10.3. The number of carbonyl (C=O) groups excluding carboxylic acids is 1. The fourth-order valence-electron chi connectivity index (χ4n) is 3.89. The highest BCUT2D eigenvalue weighted by Gasteiger charge is 2.35. The highest BCUT2D eigenvalue weighted by atomic mass is 16.5. The monoisotopic (exact) mass is 383 g/mol. The summed E-state index contributed by atoms with van der Waals surface area (Å²) in [6, 6.07) is 8.01. The van der Waals surface area contributed by atoms with Gasteiger partial charge < -0.3 is 9.64 Å². The molecule has 0 radical (unpaired) electrons. The number of aryl methyl sites for hydroxylation is 1. The number of amides is 1. The second kappa shape index (κ2) is 8.38. The number of benzene rings is 1. The fraction of sp³-hybridized carbons (Fsp3) is 0.565. The number of anilines is 1. The summed E-state index contributed by atoms with van der Waals surface area (Å²) in [5.41, 5.74) is 4.07. The van der Waals surface area contributed by atoms with Gasteiger partial charge in [-0.05, 0) is 69.7 Å². The Morgan fingerprint density at radius 2 is 1.86 bits per heavy atom. The molecule has 1 amide bonds. The van der Waals surface area contributed by atoms with Gasteiger partial charge in [-0.3, -0.25) is 9.48 Å². The van der Waals surface area contributed by atoms with Crippen molar-refractivity contribution in [2.45, 2.75) is 66.5 Å². The quantitative estimate of drug-likeness (QED) is 0.672. The van der Waals surface area contributed by atoms with Crippen molar-refractivity contribution in [3.63, 3.8) is 0 Å². The SMILES string of the molecule is COc1ccc(N(C(=O)Cc2c(C)nn(CC(C)C)c2C)C(C)C2CC2)cc1. The Morgan fingerprint density at radius 3 is 2.39 bits per heavy atom. The van der Waals surface area contributed by atoms with Crippen molar-refractivity contribution >= 4 is 11.6 Å². The third kappa shape index (κ3) is 4.40. The fourth-order valence-corrected chi connectivity index (χ4v) is 3.89. The predicted molar refractivity (Wildman–Crippen MR) is 113 cm³/mol. The van der Waals surface area contributed by atoms with Crippen LogP contribution in [-0.2, 0) is 17.8 Å². The van der Waals surface area contributed by atoms with Gasteiger partial charge in [0.15, 0.2) is 0 Å². The molecule has 5 heteroatoms. The topological polar surface area (TPSA) is 47.4 Å². The molecule has 0 bridgehead atoms. The zero-order chi connectivity index (χ0) is 20.4. The molecule has 1 fully saturated rings. The van der Waals surface area contributed by atoms with Gasteiger partial charge in [-0.15, -0.1) is 0 Å². The van der Waals surface area contributed by atoms with Crippen LogP contribution in [0.15, 0.2) is 24.3 Å². The molecule has 1 aliphatic carbocycles. The maximum absolute atomic E-state index is 13.4. The number of hydrogen-bond acceptors (Lipinski definition) is 3. The van der Waals surface area contributed by atoms with E-state index < -0.39 is 0 Å². The van der Waals surface area contributed by atoms with Gasteiger partial charge in [-0.25, -0.2) is 0 Å². The van der Waals surface area contributed by atoms with E-state index in [1.807, 2.05) is 40.8 Å². The Labute approximate surface area is 168 Å². The third-order valence-electron chi connectivity index (χ3n) is 5.73. The summed E-state index contributed by atoms with van der Waals surface area (Å²) in [6.45, 7) is 11.5. The van der Waals surface area contributed by atoms with Crippen LogP contribution in [0, 0.1) is 25.7 Å². The van der Waals surface area contributed by atoms with Crippen LogP contribution in [0.4, 0.5) is 5.69 Å². The highest BCUT2D eigenvalue weighted by Crippen LogP contribution is 2.37. The number of ether oxygens (including phenoxy) is 1. The lowest BCUT2D eigenvalue weighted by Gasteiger charge is -2.30. The summed E-state index contributed by atoms with van der Waals surface area (Å²) in [4.78, 5) is 15.4. The smallest absolute Gasteiger partial charge is 0.231 e. The first-order chi connectivity index (χ1) is 13.3. The second-order valence-electron chi connectivity index (χ2n) is 8.44. The minimum Gasteiger partial charge on any atom is -0.497 e. The molecule has 2 aromatic rings. The highest BCUT2D eigenvalue weighted by molar-refractivity contribution is 5.95. The van der Waals surface area contributed by atoms with E-state index in [-0.39, 0.29) is 11.9 Å². The lowest BCUT2D eigenvalue weighted by Crippen LogP contribution is -2.41. The summed E-state index contributed by atoms with van der Waals surface area (Å²) in [7, 11) is 1.66. The predicted octanol–water partition coefficient (Wildman–Crippen LogP) is 4.54. The maximum Gasteiger partial charge on any atom is 0.231 e. The van der Waals surface area contributed by atoms with E-state index >= 15 is 0 Å². The molecular formula is C23H33N3O2. The van der Waals surface area contributed by atoms with E-state index in [4.69, 9.17) is 4.74 Å². The van der Waals surface area contributed by atoms with E-state index in [0.717, 1.165) is 34.9 Å². The number of methoxy groups -OCH3 is 1. The molecule has 1 aliphatic rings. The van der Waals surface area contributed by atoms with Crippen LogP contribution in [0.1, 0.15) is 50.6 Å². The average Bonchev–Trinajstić information content (AvgIpc) is 3.47. The van der Waals surface area contributed by atoms with Crippen molar-refractivity contribution in [2.75, 3.05) is 12.0 Å². The summed E-state index contributed by atoms with van der Waals surface area (Å²) in [6.07, 6.45) is 2.79. The standard InChI is InChI=1S/C23H33N3O2/c1-15(2)14-25-18(5)22(16(3)24-25)13-23(27)26(17(4)19-7-8-19)20-9-11-21(28-6)12-10-20/h9-12,15,17,19H,7-8,13-14H2,1-6H3. The molecule has 3 rings (SSSR count). The second-order valence-corrected chi connectivity index (χ2v) is 8.44. The van der Waals surface area contributed by atoms with Gasteiger partial charge in [0, 0.05) is 29.5 Å². The van der Waals surface area contributed by atoms with Gasteiger partial charge in [0.25, 0.3) is 0 Å². The van der Waals surface area contributed by atoms with Gasteiger partial charge in [-0.1, -0.05) is 13.8 Å². The van der Waals surface area contributed by atoms with Crippen LogP contribution in [0.3, 0.4) is 0 Å². The molecule has 152 valence electrons. The molecule has 1 saturated carbocycles. The summed E-state index contributed by atoms with van der Waals surface area (Å²) in [5, 5.41) is 4.68. The molecule has 0 spiro atoms. The molecule has 28 heavy (non-hydrogen) atoms. The molecule has 0 N–H and O–H groups in total. The number of hydrogen-bond donors (Lipinski definition) is 0. The van der Waals surface area contributed by atoms with Crippen molar-refractivity contribution in [3.8, 4) is 5.75 Å². The molecule has 5 nitrogen and oxygen atoms in total. The molecule has 1 atom stereocenters. The van der Waals surface area contributed by atoms with E-state index in [1.165, 1.54) is 12.8 Å². The Morgan fingerprint density at radius 1 is 1.21 bits per heavy atom. The Bertz CT molecular complexity index is 819. The van der Waals surface area contributed by atoms with Gasteiger partial charge in [0.05, 0.1) is 19.2 Å². The van der Waals surface area contributed by atoms with Crippen LogP contribution in [0.2, 0.25) is 0 Å². The van der Waals surface area contributed by atoms with E-state index in [9.17, 15) is 4.79 Å². The molecular weight excluding hydrogens is 350 g/mol. The van der Waals surface area contributed by atoms with Gasteiger partial charge in [0.1, 0.15) is 5.75 Å². The van der Waals surface area contributed by atoms with Gasteiger partial charge in [-0.2, -0.15) is 5.10 Å². The van der Waals surface area contributed by atoms with Crippen LogP contribution in [-0.4, -0.2) is 28.8 Å². The first-order valence-electron chi connectivity index (χ1n) is 10.3. The Hall–Kier alpha value is -2.30. The van der Waals surface area contributed by atoms with Crippen molar-refractivity contribution < 1.29 is 9.53 Å². The molecule has 1 heterocycles. The lowest BCUT2D eigenvalue weighted by atomic mass is 10.1. The Balaban J connectivity index is 1.86.